The van der Waals surface area contributed by atoms with Gasteiger partial charge in [0.1, 0.15) is 0 Å². The number of aromatic hydroxyl groups is 2. The van der Waals surface area contributed by atoms with E-state index < -0.39 is 0 Å². The minimum absolute atomic E-state index is 0.176. The van der Waals surface area contributed by atoms with Crippen molar-refractivity contribution in [1.82, 2.24) is 0 Å². The third-order valence-corrected chi connectivity index (χ3v) is 2.14. The van der Waals surface area contributed by atoms with Crippen molar-refractivity contribution in [3.8, 4) is 11.5 Å². The molecule has 0 amide bonds. The third-order valence-electron chi connectivity index (χ3n) is 1.75. The summed E-state index contributed by atoms with van der Waals surface area (Å²) in [6.45, 7) is 3.94. The summed E-state index contributed by atoms with van der Waals surface area (Å²) >= 11 is 5.78. The number of rotatable bonds is 1. The second-order valence-corrected chi connectivity index (χ2v) is 3.37. The fourth-order valence-electron chi connectivity index (χ4n) is 1.02. The molecule has 0 aliphatic rings. The summed E-state index contributed by atoms with van der Waals surface area (Å²) < 4.78 is 0. The molecule has 1 aromatic carbocycles. The Kier molecular flexibility index (Phi) is 2.48. The van der Waals surface area contributed by atoms with Crippen LogP contribution in [0.15, 0.2) is 12.1 Å². The Morgan fingerprint density at radius 1 is 1.25 bits per heavy atom. The van der Waals surface area contributed by atoms with Gasteiger partial charge in [-0.25, -0.2) is 0 Å². The number of halogens is 1. The largest absolute Gasteiger partial charge is 0.504 e. The first-order valence-electron chi connectivity index (χ1n) is 3.74. The third kappa shape index (κ3) is 1.48. The van der Waals surface area contributed by atoms with Gasteiger partial charge in [0.2, 0.25) is 0 Å². The van der Waals surface area contributed by atoms with Crippen molar-refractivity contribution in [2.24, 2.45) is 0 Å². The first-order chi connectivity index (χ1) is 5.54. The highest BCUT2D eigenvalue weighted by molar-refractivity contribution is 6.33. The molecule has 0 aliphatic carbocycles. The van der Waals surface area contributed by atoms with Crippen molar-refractivity contribution in [2.45, 2.75) is 19.8 Å². The maximum atomic E-state index is 9.25. The van der Waals surface area contributed by atoms with E-state index in [-0.39, 0.29) is 22.4 Å². The van der Waals surface area contributed by atoms with Crippen LogP contribution in [0.4, 0.5) is 0 Å². The lowest BCUT2D eigenvalue weighted by Gasteiger charge is -2.09. The van der Waals surface area contributed by atoms with Crippen LogP contribution in [0.25, 0.3) is 0 Å². The number of phenolic OH excluding ortho intramolecular Hbond substituents is 2. The van der Waals surface area contributed by atoms with E-state index in [2.05, 4.69) is 0 Å². The zero-order chi connectivity index (χ0) is 9.30. The maximum absolute atomic E-state index is 9.25. The predicted molar refractivity (Wildman–Crippen MR) is 48.9 cm³/mol. The molecule has 0 aromatic heterocycles. The Labute approximate surface area is 76.4 Å². The molecule has 66 valence electrons. The summed E-state index contributed by atoms with van der Waals surface area (Å²) in [5, 5.41) is 18.6. The van der Waals surface area contributed by atoms with E-state index in [1.807, 2.05) is 13.8 Å². The SMILES string of the molecule is CC(C)c1ccc(O)c(O)c1Cl. The van der Waals surface area contributed by atoms with Gasteiger partial charge in [0.25, 0.3) is 0 Å². The molecule has 0 radical (unpaired) electrons. The molecule has 0 unspecified atom stereocenters. The molecule has 0 bridgehead atoms. The van der Waals surface area contributed by atoms with Gasteiger partial charge in [-0.1, -0.05) is 31.5 Å². The molecular formula is C9H11ClO2. The van der Waals surface area contributed by atoms with Crippen LogP contribution in [0.5, 0.6) is 11.5 Å². The fourth-order valence-corrected chi connectivity index (χ4v) is 1.39. The van der Waals surface area contributed by atoms with E-state index in [0.717, 1.165) is 5.56 Å². The molecular weight excluding hydrogens is 176 g/mol. The minimum Gasteiger partial charge on any atom is -0.504 e. The van der Waals surface area contributed by atoms with Crippen LogP contribution in [0.1, 0.15) is 25.3 Å². The van der Waals surface area contributed by atoms with Gasteiger partial charge in [0.05, 0.1) is 5.02 Å². The van der Waals surface area contributed by atoms with Crippen molar-refractivity contribution in [2.75, 3.05) is 0 Å². The zero-order valence-corrected chi connectivity index (χ0v) is 7.76. The van der Waals surface area contributed by atoms with Crippen molar-refractivity contribution in [1.29, 1.82) is 0 Å². The molecule has 12 heavy (non-hydrogen) atoms. The summed E-state index contributed by atoms with van der Waals surface area (Å²) in [6, 6.07) is 3.15. The monoisotopic (exact) mass is 186 g/mol. The molecule has 1 rings (SSSR count). The predicted octanol–water partition coefficient (Wildman–Crippen LogP) is 2.87. The van der Waals surface area contributed by atoms with Gasteiger partial charge in [-0.3, -0.25) is 0 Å². The van der Waals surface area contributed by atoms with Gasteiger partial charge in [0, 0.05) is 0 Å². The van der Waals surface area contributed by atoms with E-state index in [0.29, 0.717) is 0 Å². The Balaban J connectivity index is 3.27. The Morgan fingerprint density at radius 3 is 2.33 bits per heavy atom. The zero-order valence-electron chi connectivity index (χ0n) is 7.00. The number of hydrogen-bond donors (Lipinski definition) is 2. The lowest BCUT2D eigenvalue weighted by molar-refractivity contribution is 0.403. The number of hydrogen-bond acceptors (Lipinski definition) is 2. The molecule has 2 nitrogen and oxygen atoms in total. The number of phenols is 2. The van der Waals surface area contributed by atoms with Crippen molar-refractivity contribution >= 4 is 11.6 Å². The first-order valence-corrected chi connectivity index (χ1v) is 4.12. The van der Waals surface area contributed by atoms with Gasteiger partial charge in [-0.15, -0.1) is 0 Å². The standard InChI is InChI=1S/C9H11ClO2/c1-5(2)6-3-4-7(11)9(12)8(6)10/h3-5,11-12H,1-2H3. The maximum Gasteiger partial charge on any atom is 0.176 e. The molecule has 3 heteroatoms. The van der Waals surface area contributed by atoms with E-state index >= 15 is 0 Å². The van der Waals surface area contributed by atoms with Gasteiger partial charge in [0.15, 0.2) is 11.5 Å². The van der Waals surface area contributed by atoms with Crippen molar-refractivity contribution in [3.63, 3.8) is 0 Å². The van der Waals surface area contributed by atoms with Gasteiger partial charge < -0.3 is 10.2 Å². The van der Waals surface area contributed by atoms with Crippen LogP contribution in [0.3, 0.4) is 0 Å². The molecule has 0 atom stereocenters. The van der Waals surface area contributed by atoms with E-state index in [9.17, 15) is 5.11 Å². The molecule has 0 heterocycles. The minimum atomic E-state index is -0.233. The smallest absolute Gasteiger partial charge is 0.176 e. The van der Waals surface area contributed by atoms with Gasteiger partial charge >= 0.3 is 0 Å². The second kappa shape index (κ2) is 3.23. The summed E-state index contributed by atoms with van der Waals surface area (Å²) in [7, 11) is 0. The van der Waals surface area contributed by atoms with Gasteiger partial charge in [-0.2, -0.15) is 0 Å². The Morgan fingerprint density at radius 2 is 1.83 bits per heavy atom. The summed E-state index contributed by atoms with van der Waals surface area (Å²) in [4.78, 5) is 0. The van der Waals surface area contributed by atoms with Crippen LogP contribution in [-0.4, -0.2) is 10.2 Å². The Bertz CT molecular complexity index is 295. The lowest BCUT2D eigenvalue weighted by Crippen LogP contribution is -1.88. The van der Waals surface area contributed by atoms with E-state index in [1.54, 1.807) is 6.07 Å². The van der Waals surface area contributed by atoms with E-state index in [4.69, 9.17) is 16.7 Å². The average molecular weight is 187 g/mol. The van der Waals surface area contributed by atoms with Crippen LogP contribution in [0, 0.1) is 0 Å². The lowest BCUT2D eigenvalue weighted by atomic mass is 10.0. The highest BCUT2D eigenvalue weighted by Crippen LogP contribution is 2.38. The molecule has 0 fully saturated rings. The first kappa shape index (κ1) is 9.20. The van der Waals surface area contributed by atoms with Crippen molar-refractivity contribution in [3.05, 3.63) is 22.7 Å². The molecule has 0 spiro atoms. The summed E-state index contributed by atoms with van der Waals surface area (Å²) in [5.74, 6) is -0.170. The summed E-state index contributed by atoms with van der Waals surface area (Å²) in [5.41, 5.74) is 0.840. The highest BCUT2D eigenvalue weighted by atomic mass is 35.5. The van der Waals surface area contributed by atoms with Crippen LogP contribution in [0.2, 0.25) is 5.02 Å². The summed E-state index contributed by atoms with van der Waals surface area (Å²) in [6.07, 6.45) is 0. The fraction of sp³-hybridized carbons (Fsp3) is 0.333. The molecule has 0 aliphatic heterocycles. The quantitative estimate of drug-likeness (QED) is 0.663. The molecule has 0 saturated carbocycles. The number of benzene rings is 1. The van der Waals surface area contributed by atoms with Gasteiger partial charge in [-0.05, 0) is 17.5 Å². The highest BCUT2D eigenvalue weighted by Gasteiger charge is 2.11. The van der Waals surface area contributed by atoms with Crippen LogP contribution >= 0.6 is 11.6 Å². The molecule has 1 aromatic rings. The second-order valence-electron chi connectivity index (χ2n) is 2.99. The van der Waals surface area contributed by atoms with Crippen LogP contribution in [-0.2, 0) is 0 Å². The topological polar surface area (TPSA) is 40.5 Å². The van der Waals surface area contributed by atoms with Crippen molar-refractivity contribution < 1.29 is 10.2 Å². The molecule has 0 saturated heterocycles. The van der Waals surface area contributed by atoms with Crippen LogP contribution < -0.4 is 0 Å². The normalized spacial score (nSPS) is 10.7. The van der Waals surface area contributed by atoms with E-state index in [1.165, 1.54) is 6.07 Å². The average Bonchev–Trinajstić information content (AvgIpc) is 2.00. The molecule has 2 N–H and O–H groups in total. The Hall–Kier alpha value is -0.890.